The Morgan fingerprint density at radius 1 is 0.430 bits per heavy atom. The fourth-order valence-electron chi connectivity index (χ4n) is 14.2. The van der Waals surface area contributed by atoms with Crippen LogP contribution in [-0.4, -0.2) is 196 Å². The highest BCUT2D eigenvalue weighted by molar-refractivity contribution is 5.98. The number of aliphatic hydroxyl groups excluding tert-OH is 7. The molecular weight excluding hydrogens is 1920 g/mol. The number of carbonyl (C=O) groups is 4. The molecule has 33 nitrogen and oxygen atoms in total. The van der Waals surface area contributed by atoms with Gasteiger partial charge < -0.3 is 82.2 Å². The number of aromatic nitrogens is 12. The van der Waals surface area contributed by atoms with E-state index < -0.39 is 179 Å². The van der Waals surface area contributed by atoms with Crippen molar-refractivity contribution in [3.05, 3.63) is 260 Å². The van der Waals surface area contributed by atoms with E-state index in [-0.39, 0.29) is 66.8 Å². The van der Waals surface area contributed by atoms with Gasteiger partial charge in [-0.2, -0.15) is 65.9 Å². The van der Waals surface area contributed by atoms with Gasteiger partial charge in [-0.15, -0.1) is 13.2 Å². The monoisotopic (exact) mass is 2020 g/mol. The minimum Gasteiger partial charge on any atom is -0.394 e. The van der Waals surface area contributed by atoms with Gasteiger partial charge in [-0.25, -0.2) is 50.8 Å². The van der Waals surface area contributed by atoms with E-state index in [0.717, 1.165) is 60.7 Å². The zero-order valence-electron chi connectivity index (χ0n) is 76.2. The molecule has 0 saturated carbocycles. The van der Waals surface area contributed by atoms with Crippen molar-refractivity contribution in [2.45, 2.75) is 141 Å². The molecule has 0 fully saturated rings. The molecule has 0 saturated heterocycles. The molecule has 0 aliphatic carbocycles. The molecule has 0 aliphatic heterocycles. The molecule has 8 aromatic heterocycles. The van der Waals surface area contributed by atoms with Crippen LogP contribution in [-0.2, 0) is 48.2 Å². The SMILES string of the molecule is CCONc1cc(-c2c(C)[nH]c(C(=O)N[C@H](CO)c3cccc(C(F)(F)F)c3)c2C)ncn1.CCONc1ncnc(-c2c[nH]c(C(=O)N[C@H](CO)c3cccc(C(F)(F)F)c3)c2)c1C.Cc1c(NC(CO)CC(F)(F)F)ncnc1-c1cc(C(=O)N[C@H](CO)c2cccc(C(F)(F)F)c2)n(C)c1.Cc1cccc([C@@H](CO)NC(=O)c2cc(-c3ncnc(NC(CO)CC(F)(F)F)c3CO)cn2C(F)(F)F)c1. The van der Waals surface area contributed by atoms with Crippen molar-refractivity contribution in [1.29, 1.82) is 0 Å². The molecule has 0 bridgehead atoms. The molecule has 0 aliphatic rings. The summed E-state index contributed by atoms with van der Waals surface area (Å²) in [4.78, 5) is 100. The van der Waals surface area contributed by atoms with Gasteiger partial charge in [0.05, 0.1) is 148 Å². The Labute approximate surface area is 796 Å². The second kappa shape index (κ2) is 48.8. The topological polar surface area (TPSA) is 469 Å². The summed E-state index contributed by atoms with van der Waals surface area (Å²) in [5.41, 5.74) is 8.56. The number of H-pyrrole nitrogens is 2. The molecule has 142 heavy (non-hydrogen) atoms. The molecule has 8 heterocycles. The third-order valence-corrected chi connectivity index (χ3v) is 21.1. The maximum Gasteiger partial charge on any atom is 0.489 e. The van der Waals surface area contributed by atoms with Crippen molar-refractivity contribution < 1.29 is 144 Å². The number of nitrogens with one attached hydrogen (secondary N) is 10. The Hall–Kier alpha value is -14.2. The minimum atomic E-state index is -5.06. The van der Waals surface area contributed by atoms with Crippen molar-refractivity contribution in [1.82, 2.24) is 80.2 Å². The maximum atomic E-state index is 13.9. The van der Waals surface area contributed by atoms with Crippen LogP contribution < -0.4 is 42.9 Å². The number of hydrogen-bond acceptors (Lipinski definition) is 25. The number of nitrogens with zero attached hydrogens (tertiary/aromatic N) is 10. The Balaban J connectivity index is 0.000000212. The van der Waals surface area contributed by atoms with Gasteiger partial charge in [-0.1, -0.05) is 66.2 Å². The number of anilines is 4. The largest absolute Gasteiger partial charge is 0.489 e. The first kappa shape index (κ1) is 111. The van der Waals surface area contributed by atoms with Crippen LogP contribution in [0.3, 0.4) is 0 Å². The van der Waals surface area contributed by atoms with Crippen molar-refractivity contribution in [2.75, 3.05) is 74.4 Å². The molecule has 17 N–H and O–H groups in total. The van der Waals surface area contributed by atoms with E-state index in [4.69, 9.17) is 9.68 Å². The predicted octanol–water partition coefficient (Wildman–Crippen LogP) is 15.0. The summed E-state index contributed by atoms with van der Waals surface area (Å²) in [6.07, 6.45) is -22.3. The summed E-state index contributed by atoms with van der Waals surface area (Å²) < 4.78 is 237. The molecule has 764 valence electrons. The van der Waals surface area contributed by atoms with E-state index in [1.807, 2.05) is 13.8 Å². The predicted molar refractivity (Wildman–Crippen MR) is 477 cm³/mol. The average Bonchev–Trinajstić information content (AvgIpc) is 1.87. The lowest BCUT2D eigenvalue weighted by atomic mass is 10.0. The summed E-state index contributed by atoms with van der Waals surface area (Å²) in [5.74, 6) is -2.37. The van der Waals surface area contributed by atoms with Crippen LogP contribution in [0.5, 0.6) is 0 Å². The van der Waals surface area contributed by atoms with E-state index in [2.05, 4.69) is 92.7 Å². The summed E-state index contributed by atoms with van der Waals surface area (Å²) in [6, 6.07) is 18.3. The number of hydrogen-bond donors (Lipinski definition) is 17. The second-order valence-electron chi connectivity index (χ2n) is 31.4. The quantitative estimate of drug-likeness (QED) is 0.0130. The Morgan fingerprint density at radius 3 is 1.32 bits per heavy atom. The van der Waals surface area contributed by atoms with Gasteiger partial charge in [-0.3, -0.25) is 33.4 Å². The zero-order valence-corrected chi connectivity index (χ0v) is 76.2. The first-order valence-corrected chi connectivity index (χ1v) is 42.5. The standard InChI is InChI=1S/C24H25F6N5O4.C24H25F6N5O3.C22H24F3N5O3.C21H22F3N5O3/c1-13-3-2-4-14(5-13)18(11-38)34-22(39)19-6-15(8-35(19)24(28,29)30)20-17(10-37)21(32-12-31-20)33-16(9-36)7-23(25,26)27;1-13-20(31-12-32-21(13)33-17(10-36)8-23(25,26)27)15-7-19(35(2)9-15)22(38)34-18(11-37)14-4-3-5-16(6-14)24(28,29)30;1-4-33-30-18-9-16(26-11-27-18)19-12(2)20(28-13(19)3)21(32)29-17(10-31)14-6-5-7-15(8-14)22(23,24)25;1-3-32-29-19-12(2)18(26-11-27-19)14-8-16(25-9-14)20(31)28-17(10-30)13-5-4-6-15(7-13)21(22,23)24/h2-6,8,12,16,18,36-38H,7,9-11H2,1H3,(H,34,39)(H,31,32,33);3-7,9,12,17-18,36-37H,8,10-11H2,1-2H3,(H,34,38)(H,31,32,33);5-9,11,17,28,31H,4,10H2,1-3H3,(H,29,32)(H,26,27,30);4-9,11,17,25,30H,3,10H2,1-2H3,(H,28,31)(H,26,27,29)/t16?,18-;17?,18-;2*17-/m1111/s1. The number of rotatable bonds is 35. The number of aliphatic hydroxyl groups is 7. The number of alkyl halides is 18. The third-order valence-electron chi connectivity index (χ3n) is 21.1. The van der Waals surface area contributed by atoms with E-state index in [9.17, 15) is 134 Å². The summed E-state index contributed by atoms with van der Waals surface area (Å²) >= 11 is 0. The maximum absolute atomic E-state index is 13.9. The van der Waals surface area contributed by atoms with Gasteiger partial charge in [0.15, 0.2) is 11.6 Å². The highest BCUT2D eigenvalue weighted by atomic mass is 19.4. The fraction of sp³-hybridized carbons (Fsp3) is 0.341. The second-order valence-corrected chi connectivity index (χ2v) is 31.4. The normalized spacial score (nSPS) is 13.1. The van der Waals surface area contributed by atoms with Crippen LogP contribution >= 0.6 is 0 Å². The van der Waals surface area contributed by atoms with Gasteiger partial charge in [0, 0.05) is 76.3 Å². The molecule has 0 spiro atoms. The summed E-state index contributed by atoms with van der Waals surface area (Å²) in [5, 5.41) is 82.3. The Kier molecular flexibility index (Phi) is 38.3. The van der Waals surface area contributed by atoms with Gasteiger partial charge in [-0.05, 0) is 131 Å². The lowest BCUT2D eigenvalue weighted by molar-refractivity contribution is -0.204. The fourth-order valence-corrected chi connectivity index (χ4v) is 14.2. The van der Waals surface area contributed by atoms with Crippen LogP contribution in [0.2, 0.25) is 0 Å². The number of aryl methyl sites for hydroxylation is 3. The van der Waals surface area contributed by atoms with Crippen molar-refractivity contribution in [3.8, 4) is 45.0 Å². The molecule has 0 radical (unpaired) electrons. The highest BCUT2D eigenvalue weighted by Gasteiger charge is 2.40. The van der Waals surface area contributed by atoms with Crippen LogP contribution in [0.25, 0.3) is 45.0 Å². The van der Waals surface area contributed by atoms with Crippen LogP contribution in [0.1, 0.15) is 165 Å². The van der Waals surface area contributed by atoms with E-state index in [1.54, 1.807) is 77.2 Å². The Morgan fingerprint density at radius 2 is 0.852 bits per heavy atom. The molecule has 2 unspecified atom stereocenters. The molecule has 6 atom stereocenters. The minimum absolute atomic E-state index is 0.0600. The van der Waals surface area contributed by atoms with Gasteiger partial charge >= 0.3 is 37.2 Å². The third kappa shape index (κ3) is 30.2. The molecule has 51 heteroatoms. The van der Waals surface area contributed by atoms with Crippen molar-refractivity contribution in [2.24, 2.45) is 7.05 Å². The lowest BCUT2D eigenvalue weighted by Gasteiger charge is -2.20. The molecule has 4 amide bonds. The van der Waals surface area contributed by atoms with E-state index >= 15 is 0 Å². The number of carbonyl (C=O) groups excluding carboxylic acids is 4. The number of benzene rings is 4. The molecule has 12 rings (SSSR count). The first-order valence-electron chi connectivity index (χ1n) is 42.5. The number of aromatic amines is 2. The van der Waals surface area contributed by atoms with Crippen LogP contribution in [0.15, 0.2) is 165 Å². The van der Waals surface area contributed by atoms with Gasteiger partial charge in [0.25, 0.3) is 23.6 Å². The van der Waals surface area contributed by atoms with Crippen LogP contribution in [0.4, 0.5) is 102 Å². The first-order chi connectivity index (χ1) is 66.9. The Bertz CT molecular complexity index is 6270. The lowest BCUT2D eigenvalue weighted by Crippen LogP contribution is -2.34. The average molecular weight is 2020 g/mol. The number of halogens is 18. The molecular formula is C91H96F18N20O13. The molecule has 12 aromatic rings. The highest BCUT2D eigenvalue weighted by Crippen LogP contribution is 2.40. The van der Waals surface area contributed by atoms with Gasteiger partial charge in [0.1, 0.15) is 59.7 Å². The van der Waals surface area contributed by atoms with Crippen molar-refractivity contribution in [3.63, 3.8) is 0 Å². The molecule has 4 aromatic carbocycles. The van der Waals surface area contributed by atoms with Crippen molar-refractivity contribution >= 4 is 46.9 Å². The van der Waals surface area contributed by atoms with E-state index in [1.165, 1.54) is 72.9 Å². The number of amides is 4. The summed E-state index contributed by atoms with van der Waals surface area (Å²) in [6.45, 7) is 8.08. The summed E-state index contributed by atoms with van der Waals surface area (Å²) in [7, 11) is 1.54. The smallest absolute Gasteiger partial charge is 0.394 e. The zero-order chi connectivity index (χ0) is 105. The van der Waals surface area contributed by atoms with Crippen LogP contribution in [0, 0.1) is 34.6 Å². The van der Waals surface area contributed by atoms with E-state index in [0.29, 0.717) is 92.8 Å². The van der Waals surface area contributed by atoms with Gasteiger partial charge in [0.2, 0.25) is 0 Å².